The Balaban J connectivity index is 1.19. The molecule has 14 heteroatoms. The number of imide groups is 1. The Morgan fingerprint density at radius 1 is 0.855 bits per heavy atom. The molecule has 5 aliphatic rings. The molecule has 5 aliphatic heterocycles. The van der Waals surface area contributed by atoms with Gasteiger partial charge in [-0.3, -0.25) is 4.79 Å². The van der Waals surface area contributed by atoms with E-state index in [-0.39, 0.29) is 91.1 Å². The summed E-state index contributed by atoms with van der Waals surface area (Å²) in [6, 6.07) is 7.42. The normalized spacial score (nSPS) is 35.8. The molecular formula is C48H77NO13. The van der Waals surface area contributed by atoms with Crippen molar-refractivity contribution in [2.45, 2.75) is 193 Å². The molecular weight excluding hydrogens is 799 g/mol. The van der Waals surface area contributed by atoms with Gasteiger partial charge < -0.3 is 52.1 Å². The summed E-state index contributed by atoms with van der Waals surface area (Å²) < 4.78 is 68.8. The monoisotopic (exact) mass is 876 g/mol. The highest BCUT2D eigenvalue weighted by Gasteiger charge is 2.54. The number of benzene rings is 1. The second-order valence-corrected chi connectivity index (χ2v) is 19.8. The van der Waals surface area contributed by atoms with Crippen molar-refractivity contribution in [2.24, 2.45) is 29.6 Å². The fourth-order valence-electron chi connectivity index (χ4n) is 10.5. The van der Waals surface area contributed by atoms with Crippen molar-refractivity contribution in [1.82, 2.24) is 4.90 Å². The van der Waals surface area contributed by atoms with Gasteiger partial charge in [-0.25, -0.2) is 9.69 Å². The first-order valence-electron chi connectivity index (χ1n) is 23.2. The van der Waals surface area contributed by atoms with E-state index < -0.39 is 36.0 Å². The summed E-state index contributed by atoms with van der Waals surface area (Å²) in [5, 5.41) is 0. The Labute approximate surface area is 370 Å². The van der Waals surface area contributed by atoms with Gasteiger partial charge in [-0.2, -0.15) is 0 Å². The van der Waals surface area contributed by atoms with Crippen LogP contribution in [0.25, 0.3) is 0 Å². The SMILES string of the molecule is COc1ccc([C@H]2OCC[C@@H](C[C@H](OC)[C@@H](C)[C@@H]3C[C@H]([C@H](C)[C@@H]4OC(C)(C)O[C@@H]([C@H](CC[C@H]5C[C@H](OC)C[C@H](C)O5)C(=O)N5C(=O)OC[C@@H]5C(C)C)[C@@H]4C)OC(C)(C)O3)O2)cc1. The minimum absolute atomic E-state index is 0.000436. The number of nitrogens with zero attached hydrogens (tertiary/aromatic N) is 1. The standard InChI is InChI=1S/C48H77NO13/c1-27(2)38-26-56-46(51)49(38)44(50)37(19-18-34-23-36(53-12)22-28(3)57-34)43-31(6)42(61-48(9,10)62-43)30(5)41-25-40(59-47(7,8)60-41)29(4)39(54-13)24-35-20-21-55-45(58-35)32-14-16-33(52-11)17-15-32/h14-17,27-31,34-43,45H,18-26H2,1-13H3/t28-,29+,30-,31+,34-,35-,36+,37-,38+,39-,40-,41+,42-,43+,45-/m0/s1. The summed E-state index contributed by atoms with van der Waals surface area (Å²) in [6.07, 6.45) is 2.08. The highest BCUT2D eigenvalue weighted by molar-refractivity contribution is 5.95. The van der Waals surface area contributed by atoms with Crippen molar-refractivity contribution in [3.05, 3.63) is 29.8 Å². The van der Waals surface area contributed by atoms with Gasteiger partial charge in [-0.1, -0.05) is 46.8 Å². The molecule has 1 aromatic rings. The topological polar surface area (TPSA) is 139 Å². The first-order chi connectivity index (χ1) is 29.3. The van der Waals surface area contributed by atoms with Gasteiger partial charge in [-0.05, 0) is 84.8 Å². The summed E-state index contributed by atoms with van der Waals surface area (Å²) >= 11 is 0. The molecule has 0 N–H and O–H groups in total. The van der Waals surface area contributed by atoms with Crippen LogP contribution in [0.2, 0.25) is 0 Å². The van der Waals surface area contributed by atoms with E-state index in [9.17, 15) is 9.59 Å². The van der Waals surface area contributed by atoms with E-state index >= 15 is 0 Å². The van der Waals surface area contributed by atoms with Gasteiger partial charge in [0.2, 0.25) is 5.91 Å². The average Bonchev–Trinajstić information content (AvgIpc) is 3.64. The average molecular weight is 876 g/mol. The predicted molar refractivity (Wildman–Crippen MR) is 230 cm³/mol. The van der Waals surface area contributed by atoms with Crippen LogP contribution in [0.1, 0.15) is 126 Å². The maximum Gasteiger partial charge on any atom is 0.416 e. The van der Waals surface area contributed by atoms with Crippen LogP contribution < -0.4 is 4.74 Å². The second kappa shape index (κ2) is 20.8. The number of carbonyl (C=O) groups is 2. The number of amides is 2. The van der Waals surface area contributed by atoms with Crippen LogP contribution in [0.3, 0.4) is 0 Å². The zero-order chi connectivity index (χ0) is 45.1. The largest absolute Gasteiger partial charge is 0.497 e. The Kier molecular flexibility index (Phi) is 16.5. The summed E-state index contributed by atoms with van der Waals surface area (Å²) in [5.41, 5.74) is 0.945. The molecule has 0 radical (unpaired) electrons. The summed E-state index contributed by atoms with van der Waals surface area (Å²) in [4.78, 5) is 29.5. The third-order valence-electron chi connectivity index (χ3n) is 14.0. The number of hydrogen-bond acceptors (Lipinski definition) is 13. The summed E-state index contributed by atoms with van der Waals surface area (Å²) in [6.45, 7) is 21.0. The number of cyclic esters (lactones) is 1. The first kappa shape index (κ1) is 49.0. The Morgan fingerprint density at radius 3 is 2.19 bits per heavy atom. The highest BCUT2D eigenvalue weighted by atomic mass is 16.7. The fourth-order valence-corrected chi connectivity index (χ4v) is 10.5. The van der Waals surface area contributed by atoms with Crippen molar-refractivity contribution in [3.63, 3.8) is 0 Å². The van der Waals surface area contributed by atoms with Gasteiger partial charge in [0.05, 0.1) is 80.6 Å². The van der Waals surface area contributed by atoms with Crippen LogP contribution in [0.4, 0.5) is 4.79 Å². The molecule has 2 amide bonds. The van der Waals surface area contributed by atoms with Crippen molar-refractivity contribution < 1.29 is 61.7 Å². The molecule has 6 rings (SSSR count). The lowest BCUT2D eigenvalue weighted by Gasteiger charge is -2.52. The molecule has 0 saturated carbocycles. The lowest BCUT2D eigenvalue weighted by atomic mass is 9.76. The number of ether oxygens (including phenoxy) is 11. The molecule has 0 spiro atoms. The van der Waals surface area contributed by atoms with Crippen LogP contribution in [0.15, 0.2) is 24.3 Å². The van der Waals surface area contributed by atoms with Gasteiger partial charge in [0.15, 0.2) is 17.9 Å². The first-order valence-corrected chi connectivity index (χ1v) is 23.2. The maximum absolute atomic E-state index is 14.9. The van der Waals surface area contributed by atoms with Crippen molar-refractivity contribution >= 4 is 12.0 Å². The van der Waals surface area contributed by atoms with Gasteiger partial charge in [-0.15, -0.1) is 0 Å². The minimum Gasteiger partial charge on any atom is -0.497 e. The Bertz CT molecular complexity index is 1610. The molecule has 62 heavy (non-hydrogen) atoms. The third kappa shape index (κ3) is 11.7. The quantitative estimate of drug-likeness (QED) is 0.158. The third-order valence-corrected chi connectivity index (χ3v) is 14.0. The van der Waals surface area contributed by atoms with Crippen LogP contribution in [0, 0.1) is 29.6 Å². The predicted octanol–water partition coefficient (Wildman–Crippen LogP) is 8.23. The van der Waals surface area contributed by atoms with E-state index in [1.807, 2.05) is 65.8 Å². The van der Waals surface area contributed by atoms with Crippen LogP contribution in [-0.2, 0) is 52.2 Å². The number of hydrogen-bond donors (Lipinski definition) is 0. The van der Waals surface area contributed by atoms with Gasteiger partial charge in [0, 0.05) is 50.4 Å². The van der Waals surface area contributed by atoms with E-state index in [0.717, 1.165) is 30.6 Å². The molecule has 0 unspecified atom stereocenters. The van der Waals surface area contributed by atoms with E-state index in [1.165, 1.54) is 4.90 Å². The number of methoxy groups -OCH3 is 3. The van der Waals surface area contributed by atoms with Crippen molar-refractivity contribution in [2.75, 3.05) is 34.5 Å². The number of rotatable bonds is 16. The van der Waals surface area contributed by atoms with E-state index in [0.29, 0.717) is 32.3 Å². The lowest BCUT2D eigenvalue weighted by molar-refractivity contribution is -0.356. The minimum atomic E-state index is -1.03. The van der Waals surface area contributed by atoms with Crippen LogP contribution >= 0.6 is 0 Å². The summed E-state index contributed by atoms with van der Waals surface area (Å²) in [5.74, 6) is -2.41. The van der Waals surface area contributed by atoms with Crippen LogP contribution in [0.5, 0.6) is 5.75 Å². The molecule has 352 valence electrons. The number of carbonyl (C=O) groups excluding carboxylic acids is 2. The van der Waals surface area contributed by atoms with E-state index in [1.54, 1.807) is 21.3 Å². The highest BCUT2D eigenvalue weighted by Crippen LogP contribution is 2.45. The Morgan fingerprint density at radius 2 is 1.53 bits per heavy atom. The molecule has 5 heterocycles. The molecule has 0 bridgehead atoms. The zero-order valence-electron chi connectivity index (χ0n) is 39.7. The zero-order valence-corrected chi connectivity index (χ0v) is 39.7. The summed E-state index contributed by atoms with van der Waals surface area (Å²) in [7, 11) is 5.14. The molecule has 0 aromatic heterocycles. The van der Waals surface area contributed by atoms with Crippen molar-refractivity contribution in [3.8, 4) is 5.75 Å². The Hall–Kier alpha value is -2.40. The molecule has 5 fully saturated rings. The smallest absolute Gasteiger partial charge is 0.416 e. The van der Waals surface area contributed by atoms with Crippen LogP contribution in [-0.4, -0.2) is 124 Å². The fraction of sp³-hybridized carbons (Fsp3) is 0.833. The van der Waals surface area contributed by atoms with Gasteiger partial charge >= 0.3 is 6.09 Å². The molecule has 15 atom stereocenters. The van der Waals surface area contributed by atoms with Gasteiger partial charge in [0.1, 0.15) is 12.4 Å². The van der Waals surface area contributed by atoms with Crippen molar-refractivity contribution in [1.29, 1.82) is 0 Å². The molecule has 0 aliphatic carbocycles. The van der Waals surface area contributed by atoms with Gasteiger partial charge in [0.25, 0.3) is 0 Å². The van der Waals surface area contributed by atoms with E-state index in [4.69, 9.17) is 52.1 Å². The molecule has 1 aromatic carbocycles. The van der Waals surface area contributed by atoms with E-state index in [2.05, 4.69) is 27.7 Å². The second-order valence-electron chi connectivity index (χ2n) is 19.8. The molecule has 5 saturated heterocycles. The maximum atomic E-state index is 14.9. The molecule has 14 nitrogen and oxygen atoms in total. The lowest BCUT2D eigenvalue weighted by Crippen LogP contribution is -2.60.